The predicted octanol–water partition coefficient (Wildman–Crippen LogP) is 11.9. The molecule has 0 aliphatic heterocycles. The molecule has 3 aromatic heterocycles. The topological polar surface area (TPSA) is 31.2 Å². The van der Waals surface area contributed by atoms with Crippen LogP contribution in [0.5, 0.6) is 0 Å². The van der Waals surface area contributed by atoms with Crippen molar-refractivity contribution in [3.8, 4) is 27.9 Å². The van der Waals surface area contributed by atoms with Gasteiger partial charge < -0.3 is 13.4 Å². The molecular weight excluding hydrogens is 550 g/mol. The molecule has 10 rings (SSSR count). The van der Waals surface area contributed by atoms with Gasteiger partial charge in [0.15, 0.2) is 0 Å². The standard InChI is InChI=1S/C42H25NO2/c1-2-9-26(10-3-1)28-17-21-39-34(24-28)35-25-29(18-22-40(35)44-39)27-11-8-12-30(23-27)43-36-15-6-4-14-33(36)41-37(43)20-19-32-31-13-5-7-16-38(31)45-42(32)41/h1-25H/i4D,6D,14D,15D. The fourth-order valence-electron chi connectivity index (χ4n) is 6.84. The lowest BCUT2D eigenvalue weighted by Gasteiger charge is -2.10. The van der Waals surface area contributed by atoms with Gasteiger partial charge in [-0.05, 0) is 82.9 Å². The highest BCUT2D eigenvalue weighted by atomic mass is 16.3. The Labute approximate surface area is 263 Å². The first-order valence-electron chi connectivity index (χ1n) is 16.9. The second kappa shape index (κ2) is 9.22. The van der Waals surface area contributed by atoms with Gasteiger partial charge in [0.1, 0.15) is 22.3 Å². The lowest BCUT2D eigenvalue weighted by Crippen LogP contribution is -1.94. The third-order valence-corrected chi connectivity index (χ3v) is 8.92. The van der Waals surface area contributed by atoms with Gasteiger partial charge in [-0.1, -0.05) is 90.9 Å². The van der Waals surface area contributed by atoms with Crippen molar-refractivity contribution >= 4 is 65.7 Å². The highest BCUT2D eigenvalue weighted by Gasteiger charge is 2.19. The van der Waals surface area contributed by atoms with E-state index in [1.165, 1.54) is 0 Å². The first kappa shape index (κ1) is 20.8. The minimum atomic E-state index is -0.272. The third-order valence-electron chi connectivity index (χ3n) is 8.92. The quantitative estimate of drug-likeness (QED) is 0.208. The van der Waals surface area contributed by atoms with Gasteiger partial charge in [0.25, 0.3) is 0 Å². The summed E-state index contributed by atoms with van der Waals surface area (Å²) in [6.07, 6.45) is 0. The normalized spacial score (nSPS) is 13.2. The van der Waals surface area contributed by atoms with Crippen LogP contribution in [0, 0.1) is 0 Å². The van der Waals surface area contributed by atoms with E-state index < -0.39 is 0 Å². The van der Waals surface area contributed by atoms with E-state index in [1.54, 1.807) is 0 Å². The molecule has 0 saturated heterocycles. The Morgan fingerprint density at radius 1 is 0.444 bits per heavy atom. The molecule has 0 amide bonds. The van der Waals surface area contributed by atoms with Gasteiger partial charge in [-0.2, -0.15) is 0 Å². The smallest absolute Gasteiger partial charge is 0.145 e. The van der Waals surface area contributed by atoms with Gasteiger partial charge in [-0.15, -0.1) is 0 Å². The summed E-state index contributed by atoms with van der Waals surface area (Å²) in [5.41, 5.74) is 9.16. The number of hydrogen-bond acceptors (Lipinski definition) is 2. The van der Waals surface area contributed by atoms with Crippen molar-refractivity contribution in [1.82, 2.24) is 4.57 Å². The van der Waals surface area contributed by atoms with E-state index in [2.05, 4.69) is 48.5 Å². The van der Waals surface area contributed by atoms with Crippen LogP contribution in [0.1, 0.15) is 5.48 Å². The zero-order chi connectivity index (χ0) is 33.0. The molecule has 3 heteroatoms. The molecule has 3 nitrogen and oxygen atoms in total. The Kier molecular flexibility index (Phi) is 4.26. The van der Waals surface area contributed by atoms with Gasteiger partial charge in [0.2, 0.25) is 0 Å². The van der Waals surface area contributed by atoms with Crippen LogP contribution in [-0.2, 0) is 0 Å². The molecule has 3 heterocycles. The summed E-state index contributed by atoms with van der Waals surface area (Å²) < 4.78 is 49.8. The molecule has 210 valence electrons. The average Bonchev–Trinajstić information content (AvgIpc) is 3.82. The highest BCUT2D eigenvalue weighted by Crippen LogP contribution is 2.41. The van der Waals surface area contributed by atoms with Crippen molar-refractivity contribution in [3.05, 3.63) is 152 Å². The third kappa shape index (κ3) is 3.58. The molecule has 7 aromatic carbocycles. The summed E-state index contributed by atoms with van der Waals surface area (Å²) in [6.45, 7) is 0. The maximum atomic E-state index is 9.06. The molecule has 10 aromatic rings. The van der Waals surface area contributed by atoms with Crippen LogP contribution in [-0.4, -0.2) is 4.57 Å². The first-order valence-corrected chi connectivity index (χ1v) is 14.9. The summed E-state index contributed by atoms with van der Waals surface area (Å²) in [6, 6.07) is 42.0. The van der Waals surface area contributed by atoms with Gasteiger partial charge in [0, 0.05) is 32.6 Å². The van der Waals surface area contributed by atoms with E-state index in [-0.39, 0.29) is 24.2 Å². The Hall–Kier alpha value is -6.06. The Morgan fingerprint density at radius 3 is 1.98 bits per heavy atom. The number of hydrogen-bond donors (Lipinski definition) is 0. The van der Waals surface area contributed by atoms with Crippen molar-refractivity contribution < 1.29 is 14.3 Å². The van der Waals surface area contributed by atoms with E-state index in [0.29, 0.717) is 21.9 Å². The number of fused-ring (bicyclic) bond motifs is 10. The zero-order valence-corrected chi connectivity index (χ0v) is 23.9. The van der Waals surface area contributed by atoms with E-state index in [4.69, 9.17) is 14.3 Å². The largest absolute Gasteiger partial charge is 0.456 e. The lowest BCUT2D eigenvalue weighted by atomic mass is 10.00. The Morgan fingerprint density at radius 2 is 1.13 bits per heavy atom. The maximum absolute atomic E-state index is 9.06. The minimum Gasteiger partial charge on any atom is -0.456 e. The van der Waals surface area contributed by atoms with Crippen LogP contribution in [0.4, 0.5) is 0 Å². The molecule has 0 unspecified atom stereocenters. The minimum absolute atomic E-state index is 0.0870. The van der Waals surface area contributed by atoms with Crippen LogP contribution in [0.25, 0.3) is 93.6 Å². The molecule has 0 atom stereocenters. The molecule has 0 N–H and O–H groups in total. The number of nitrogens with zero attached hydrogens (tertiary/aromatic N) is 1. The molecule has 45 heavy (non-hydrogen) atoms. The summed E-state index contributed by atoms with van der Waals surface area (Å²) in [5, 5.41) is 5.04. The molecule has 0 aliphatic carbocycles. The second-order valence-corrected chi connectivity index (χ2v) is 11.4. The predicted molar refractivity (Wildman–Crippen MR) is 186 cm³/mol. The van der Waals surface area contributed by atoms with E-state index in [0.717, 1.165) is 71.8 Å². The van der Waals surface area contributed by atoms with Gasteiger partial charge >= 0.3 is 0 Å². The number of rotatable bonds is 3. The van der Waals surface area contributed by atoms with Crippen LogP contribution < -0.4 is 0 Å². The summed E-state index contributed by atoms with van der Waals surface area (Å²) in [5.74, 6) is 0. The van der Waals surface area contributed by atoms with Crippen molar-refractivity contribution in [1.29, 1.82) is 0 Å². The first-order chi connectivity index (χ1) is 24.0. The van der Waals surface area contributed by atoms with Crippen molar-refractivity contribution in [2.24, 2.45) is 0 Å². The fourth-order valence-corrected chi connectivity index (χ4v) is 6.84. The number of para-hydroxylation sites is 2. The van der Waals surface area contributed by atoms with Crippen molar-refractivity contribution in [3.63, 3.8) is 0 Å². The number of aromatic nitrogens is 1. The number of benzene rings is 7. The van der Waals surface area contributed by atoms with Crippen LogP contribution in [0.15, 0.2) is 160 Å². The molecular formula is C42H25NO2. The molecule has 0 saturated carbocycles. The van der Waals surface area contributed by atoms with Crippen LogP contribution in [0.3, 0.4) is 0 Å². The fraction of sp³-hybridized carbons (Fsp3) is 0. The molecule has 0 radical (unpaired) electrons. The van der Waals surface area contributed by atoms with E-state index in [1.807, 2.05) is 83.4 Å². The van der Waals surface area contributed by atoms with Crippen molar-refractivity contribution in [2.75, 3.05) is 0 Å². The number of furan rings is 2. The van der Waals surface area contributed by atoms with E-state index in [9.17, 15) is 0 Å². The maximum Gasteiger partial charge on any atom is 0.145 e. The summed E-state index contributed by atoms with van der Waals surface area (Å²) >= 11 is 0. The Balaban J connectivity index is 1.21. The summed E-state index contributed by atoms with van der Waals surface area (Å²) in [7, 11) is 0. The molecule has 0 fully saturated rings. The molecule has 0 bridgehead atoms. The van der Waals surface area contributed by atoms with Gasteiger partial charge in [-0.3, -0.25) is 0 Å². The Bertz CT molecular complexity index is 2990. The van der Waals surface area contributed by atoms with Crippen LogP contribution >= 0.6 is 0 Å². The van der Waals surface area contributed by atoms with E-state index >= 15 is 0 Å². The molecule has 0 aliphatic rings. The zero-order valence-electron chi connectivity index (χ0n) is 27.9. The average molecular weight is 580 g/mol. The lowest BCUT2D eigenvalue weighted by molar-refractivity contribution is 0.669. The summed E-state index contributed by atoms with van der Waals surface area (Å²) in [4.78, 5) is 0. The monoisotopic (exact) mass is 579 g/mol. The SMILES string of the molecule is [2H]c1c([2H])c([2H])c2c(c1[2H])c1c3oc4ccccc4c3ccc1n2-c1cccc(-c2ccc3oc4ccc(-c5ccccc5)cc4c3c2)c1. The van der Waals surface area contributed by atoms with Crippen molar-refractivity contribution in [2.45, 2.75) is 0 Å². The second-order valence-electron chi connectivity index (χ2n) is 11.4. The van der Waals surface area contributed by atoms with Gasteiger partial charge in [-0.25, -0.2) is 0 Å². The molecule has 0 spiro atoms. The van der Waals surface area contributed by atoms with Gasteiger partial charge in [0.05, 0.1) is 21.9 Å². The highest BCUT2D eigenvalue weighted by molar-refractivity contribution is 6.23. The van der Waals surface area contributed by atoms with Crippen LogP contribution in [0.2, 0.25) is 0 Å².